The molecule has 0 radical (unpaired) electrons. The lowest BCUT2D eigenvalue weighted by atomic mass is 9.84. The number of halogens is 4. The molecule has 3 aliphatic heterocycles. The molecule has 0 aliphatic carbocycles. The molecule has 1 saturated heterocycles. The Labute approximate surface area is 211 Å². The second kappa shape index (κ2) is 9.63. The maximum Gasteiger partial charge on any atom is 0.297 e. The van der Waals surface area contributed by atoms with Gasteiger partial charge in [-0.3, -0.25) is 0 Å². The lowest BCUT2D eigenvalue weighted by molar-refractivity contribution is -0.181. The highest BCUT2D eigenvalue weighted by atomic mass is 35.5. The molecule has 1 atom stereocenters. The van der Waals surface area contributed by atoms with Crippen LogP contribution in [0.2, 0.25) is 4.34 Å². The van der Waals surface area contributed by atoms with E-state index in [0.717, 1.165) is 5.71 Å². The van der Waals surface area contributed by atoms with Crippen molar-refractivity contribution < 1.29 is 22.6 Å². The summed E-state index contributed by atoms with van der Waals surface area (Å²) in [6, 6.07) is 4.32. The van der Waals surface area contributed by atoms with Crippen molar-refractivity contribution in [3.05, 3.63) is 45.0 Å². The number of pyridine rings is 1. The average Bonchev–Trinajstić information content (AvgIpc) is 3.42. The summed E-state index contributed by atoms with van der Waals surface area (Å²) >= 11 is 7.32. The van der Waals surface area contributed by atoms with Crippen LogP contribution in [0.25, 0.3) is 0 Å². The largest absolute Gasteiger partial charge is 0.373 e. The van der Waals surface area contributed by atoms with Crippen LogP contribution in [0, 0.1) is 11.7 Å². The van der Waals surface area contributed by atoms with E-state index in [9.17, 15) is 13.2 Å². The number of likely N-dealkylation sites (tertiary alicyclic amines) is 1. The second-order valence-electron chi connectivity index (χ2n) is 9.62. The minimum atomic E-state index is -3.02. The van der Waals surface area contributed by atoms with E-state index in [1.54, 1.807) is 17.3 Å². The third-order valence-electron chi connectivity index (χ3n) is 6.84. The highest BCUT2D eigenvalue weighted by Crippen LogP contribution is 2.52. The summed E-state index contributed by atoms with van der Waals surface area (Å²) in [5, 5.41) is 6.25. The molecule has 2 aromatic heterocycles. The highest BCUT2D eigenvalue weighted by Gasteiger charge is 2.51. The van der Waals surface area contributed by atoms with Crippen LogP contribution >= 0.6 is 22.9 Å². The zero-order valence-corrected chi connectivity index (χ0v) is 21.2. The first-order chi connectivity index (χ1) is 16.7. The smallest absolute Gasteiger partial charge is 0.297 e. The number of alkyl halides is 2. The molecular weight excluding hydrogens is 501 g/mol. The minimum Gasteiger partial charge on any atom is -0.373 e. The summed E-state index contributed by atoms with van der Waals surface area (Å²) < 4.78 is 55.2. The first kappa shape index (κ1) is 25.0. The van der Waals surface area contributed by atoms with Gasteiger partial charge in [0.25, 0.3) is 5.92 Å². The average molecular weight is 529 g/mol. The first-order valence-corrected chi connectivity index (χ1v) is 13.0. The highest BCUT2D eigenvalue weighted by molar-refractivity contribution is 7.16. The lowest BCUT2D eigenvalue weighted by Gasteiger charge is -2.45. The third-order valence-corrected chi connectivity index (χ3v) is 8.29. The Morgan fingerprint density at radius 1 is 1.31 bits per heavy atom. The van der Waals surface area contributed by atoms with Gasteiger partial charge in [-0.05, 0) is 44.9 Å². The van der Waals surface area contributed by atoms with Crippen LogP contribution < -0.4 is 5.01 Å². The van der Waals surface area contributed by atoms with Crippen molar-refractivity contribution in [2.75, 3.05) is 44.4 Å². The second-order valence-corrected chi connectivity index (χ2v) is 11.3. The molecule has 35 heavy (non-hydrogen) atoms. The Bertz CT molecular complexity index is 1100. The molecule has 1 unspecified atom stereocenters. The maximum absolute atomic E-state index is 14.4. The van der Waals surface area contributed by atoms with Gasteiger partial charge >= 0.3 is 0 Å². The topological polar surface area (TPSA) is 50.2 Å². The number of hydrazone groups is 1. The summed E-state index contributed by atoms with van der Waals surface area (Å²) in [6.45, 7) is 6.24. The zero-order chi connectivity index (χ0) is 24.8. The Hall–Kier alpha value is -1.72. The van der Waals surface area contributed by atoms with Crippen molar-refractivity contribution in [3.63, 3.8) is 0 Å². The van der Waals surface area contributed by atoms with Gasteiger partial charge in [-0.2, -0.15) is 13.9 Å². The van der Waals surface area contributed by atoms with Crippen LogP contribution in [0.5, 0.6) is 0 Å². The summed E-state index contributed by atoms with van der Waals surface area (Å²) in [5.41, 5.74) is 0.142. The van der Waals surface area contributed by atoms with Gasteiger partial charge in [0.2, 0.25) is 0 Å². The number of piperidine rings is 1. The minimum absolute atomic E-state index is 0.0104. The van der Waals surface area contributed by atoms with Crippen LogP contribution in [0.15, 0.2) is 29.5 Å². The monoisotopic (exact) mass is 528 g/mol. The third kappa shape index (κ3) is 4.96. The molecule has 0 bridgehead atoms. The molecule has 11 heteroatoms. The number of thiophene rings is 1. The van der Waals surface area contributed by atoms with E-state index in [-0.39, 0.29) is 23.4 Å². The number of ether oxygens (including phenoxy) is 2. The van der Waals surface area contributed by atoms with E-state index in [0.29, 0.717) is 54.8 Å². The number of hydrogen-bond donors (Lipinski definition) is 0. The molecule has 0 aromatic carbocycles. The molecule has 6 nitrogen and oxygen atoms in total. The number of anilines is 1. The van der Waals surface area contributed by atoms with Crippen molar-refractivity contribution in [1.82, 2.24) is 9.88 Å². The van der Waals surface area contributed by atoms with Gasteiger partial charge in [-0.15, -0.1) is 11.3 Å². The van der Waals surface area contributed by atoms with Crippen LogP contribution in [0.3, 0.4) is 0 Å². The van der Waals surface area contributed by atoms with Gasteiger partial charge < -0.3 is 14.4 Å². The van der Waals surface area contributed by atoms with Crippen LogP contribution in [-0.2, 0) is 21.0 Å². The van der Waals surface area contributed by atoms with E-state index in [2.05, 4.69) is 15.0 Å². The van der Waals surface area contributed by atoms with Gasteiger partial charge in [-0.25, -0.2) is 14.4 Å². The number of rotatable bonds is 6. The van der Waals surface area contributed by atoms with Crippen LogP contribution in [0.4, 0.5) is 19.0 Å². The van der Waals surface area contributed by atoms with Gasteiger partial charge in [0.05, 0.1) is 29.3 Å². The molecule has 0 saturated carbocycles. The predicted octanol–water partition coefficient (Wildman–Crippen LogP) is 5.27. The zero-order valence-electron chi connectivity index (χ0n) is 19.6. The quantitative estimate of drug-likeness (QED) is 0.511. The molecule has 5 heterocycles. The Kier molecular flexibility index (Phi) is 6.86. The molecule has 190 valence electrons. The molecule has 5 rings (SSSR count). The van der Waals surface area contributed by atoms with Gasteiger partial charge in [0.15, 0.2) is 11.6 Å². The van der Waals surface area contributed by atoms with E-state index in [1.807, 2.05) is 13.8 Å². The van der Waals surface area contributed by atoms with Gasteiger partial charge in [-0.1, -0.05) is 11.6 Å². The van der Waals surface area contributed by atoms with Crippen LogP contribution in [0.1, 0.15) is 37.1 Å². The predicted molar refractivity (Wildman–Crippen MR) is 130 cm³/mol. The molecule has 1 fully saturated rings. The summed E-state index contributed by atoms with van der Waals surface area (Å²) in [5.74, 6) is -3.20. The van der Waals surface area contributed by atoms with Crippen LogP contribution in [-0.4, -0.2) is 61.1 Å². The van der Waals surface area contributed by atoms with Crippen molar-refractivity contribution in [2.45, 2.75) is 44.3 Å². The normalized spacial score (nSPS) is 23.7. The fourth-order valence-corrected chi connectivity index (χ4v) is 6.46. The standard InChI is InChI=1S/C24H28ClF3N4O2S/c1-15(2)33-13-19-16(12-32(30-19)22-18(26)4-3-7-29-22)11-31-8-5-23(6-9-31)21-17(10-20(25)35-21)24(27,28)14-34-23/h3-4,7,10,15-16H,5-6,8-9,11-14H2,1-2H3. The van der Waals surface area contributed by atoms with Crippen molar-refractivity contribution in [3.8, 4) is 0 Å². The SMILES string of the molecule is CC(C)OCC1=NN(c2ncccc2F)CC1CN1CCC2(CC1)OCC(F)(F)c1cc(Cl)sc12. The maximum atomic E-state index is 14.4. The molecular formula is C24H28ClF3N4O2S. The molecule has 0 amide bonds. The van der Waals surface area contributed by atoms with E-state index in [1.165, 1.54) is 23.5 Å². The fourth-order valence-electron chi connectivity index (χ4n) is 4.98. The Morgan fingerprint density at radius 3 is 2.80 bits per heavy atom. The Morgan fingerprint density at radius 2 is 2.09 bits per heavy atom. The lowest BCUT2D eigenvalue weighted by Crippen LogP contribution is -2.50. The van der Waals surface area contributed by atoms with Crippen molar-refractivity contribution >= 4 is 34.5 Å². The van der Waals surface area contributed by atoms with Gasteiger partial charge in [0, 0.05) is 42.2 Å². The molecule has 3 aliphatic rings. The number of hydrogen-bond acceptors (Lipinski definition) is 7. The van der Waals surface area contributed by atoms with E-state index < -0.39 is 23.9 Å². The molecule has 2 aromatic rings. The number of nitrogens with zero attached hydrogens (tertiary/aromatic N) is 4. The summed E-state index contributed by atoms with van der Waals surface area (Å²) in [7, 11) is 0. The molecule has 0 N–H and O–H groups in total. The number of aromatic nitrogens is 1. The summed E-state index contributed by atoms with van der Waals surface area (Å²) in [4.78, 5) is 7.02. The molecule has 1 spiro atoms. The van der Waals surface area contributed by atoms with Crippen molar-refractivity contribution in [1.29, 1.82) is 0 Å². The van der Waals surface area contributed by atoms with Gasteiger partial charge in [0.1, 0.15) is 12.2 Å². The van der Waals surface area contributed by atoms with E-state index >= 15 is 0 Å². The van der Waals surface area contributed by atoms with E-state index in [4.69, 9.17) is 21.1 Å². The Balaban J connectivity index is 1.28. The summed E-state index contributed by atoms with van der Waals surface area (Å²) in [6.07, 6.45) is 2.80. The van der Waals surface area contributed by atoms with Crippen molar-refractivity contribution in [2.24, 2.45) is 11.0 Å². The number of fused-ring (bicyclic) bond motifs is 2. The fraction of sp³-hybridized carbons (Fsp3) is 0.583. The first-order valence-electron chi connectivity index (χ1n) is 11.8.